The molecule has 0 fully saturated rings. The van der Waals surface area contributed by atoms with Gasteiger partial charge in [0, 0.05) is 11.9 Å². The molecule has 0 aliphatic heterocycles. The van der Waals surface area contributed by atoms with Crippen LogP contribution in [-0.2, 0) is 11.2 Å². The number of nitrogens with one attached hydrogen (secondary N) is 1. The number of benzene rings is 2. The Bertz CT molecular complexity index is 610. The van der Waals surface area contributed by atoms with Gasteiger partial charge in [-0.1, -0.05) is 18.2 Å². The van der Waals surface area contributed by atoms with E-state index in [-0.39, 0.29) is 31.3 Å². The summed E-state index contributed by atoms with van der Waals surface area (Å²) in [5.74, 6) is -0.524. The number of aliphatic hydroxyl groups is 1. The average molecular weight is 260 g/mol. The van der Waals surface area contributed by atoms with Crippen molar-refractivity contribution in [2.24, 2.45) is 0 Å². The third kappa shape index (κ3) is 3.09. The van der Waals surface area contributed by atoms with E-state index in [4.69, 9.17) is 5.11 Å². The second kappa shape index (κ2) is 5.80. The van der Waals surface area contributed by atoms with E-state index < -0.39 is 0 Å². The lowest BCUT2D eigenvalue weighted by Gasteiger charge is -2.08. The zero-order valence-electron chi connectivity index (χ0n) is 10.4. The van der Waals surface area contributed by atoms with Crippen molar-refractivity contribution in [3.8, 4) is 0 Å². The van der Waals surface area contributed by atoms with Gasteiger partial charge in [0.05, 0.1) is 13.0 Å². The molecule has 0 atom stereocenters. The molecule has 0 unspecified atom stereocenters. The summed E-state index contributed by atoms with van der Waals surface area (Å²) in [6, 6.07) is 8.27. The highest BCUT2D eigenvalue weighted by Crippen LogP contribution is 2.23. The maximum Gasteiger partial charge on any atom is 0.224 e. The number of carbonyl (C=O) groups is 1. The van der Waals surface area contributed by atoms with Gasteiger partial charge in [0.25, 0.3) is 0 Å². The molecule has 0 spiro atoms. The molecule has 2 rings (SSSR count). The quantitative estimate of drug-likeness (QED) is 0.881. The van der Waals surface area contributed by atoms with Gasteiger partial charge in [0.2, 0.25) is 5.91 Å². The number of amides is 1. The zero-order valence-corrected chi connectivity index (χ0v) is 10.4. The van der Waals surface area contributed by atoms with E-state index in [1.54, 1.807) is 24.3 Å². The lowest BCUT2D eigenvalue weighted by molar-refractivity contribution is -0.120. The summed E-state index contributed by atoms with van der Waals surface area (Å²) in [6.07, 6.45) is 0.146. The first kappa shape index (κ1) is 13.5. The molecule has 0 aromatic heterocycles. The molecule has 1 amide bonds. The lowest BCUT2D eigenvalue weighted by atomic mass is 10.00. The standard InChI is InChI=1S/C15H15FNO2/c1-10-7-11(9-15(19)17-5-6-18)8-13-12(10)3-2-4-14(13)16/h2-4,7-8,18H,1,5-6,9H2,(H,17,19). The topological polar surface area (TPSA) is 49.3 Å². The maximum atomic E-state index is 13.7. The van der Waals surface area contributed by atoms with Crippen molar-refractivity contribution in [2.75, 3.05) is 13.2 Å². The second-order valence-corrected chi connectivity index (χ2v) is 4.34. The molecular formula is C15H15FNO2. The third-order valence-corrected chi connectivity index (χ3v) is 2.89. The fraction of sp³-hybridized carbons (Fsp3) is 0.200. The minimum atomic E-state index is -0.319. The Morgan fingerprint density at radius 2 is 2.11 bits per heavy atom. The molecule has 4 heteroatoms. The van der Waals surface area contributed by atoms with Crippen molar-refractivity contribution in [1.29, 1.82) is 0 Å². The van der Waals surface area contributed by atoms with Crippen molar-refractivity contribution >= 4 is 16.7 Å². The van der Waals surface area contributed by atoms with Crippen molar-refractivity contribution in [3.63, 3.8) is 0 Å². The van der Waals surface area contributed by atoms with Crippen molar-refractivity contribution in [2.45, 2.75) is 6.42 Å². The maximum absolute atomic E-state index is 13.7. The molecule has 19 heavy (non-hydrogen) atoms. The molecule has 0 bridgehead atoms. The Hall–Kier alpha value is -1.94. The minimum absolute atomic E-state index is 0.0985. The first-order valence-corrected chi connectivity index (χ1v) is 6.02. The van der Waals surface area contributed by atoms with Crippen LogP contribution in [0.2, 0.25) is 0 Å². The number of rotatable bonds is 4. The van der Waals surface area contributed by atoms with Gasteiger partial charge in [-0.3, -0.25) is 4.79 Å². The summed E-state index contributed by atoms with van der Waals surface area (Å²) in [6.45, 7) is 4.00. The van der Waals surface area contributed by atoms with Crippen molar-refractivity contribution in [1.82, 2.24) is 5.32 Å². The predicted octanol–water partition coefficient (Wildman–Crippen LogP) is 1.81. The zero-order chi connectivity index (χ0) is 13.8. The van der Waals surface area contributed by atoms with Crippen LogP contribution in [0, 0.1) is 12.7 Å². The number of aliphatic hydroxyl groups excluding tert-OH is 1. The largest absolute Gasteiger partial charge is 0.395 e. The Morgan fingerprint density at radius 1 is 1.32 bits per heavy atom. The van der Waals surface area contributed by atoms with Gasteiger partial charge < -0.3 is 10.4 Å². The van der Waals surface area contributed by atoms with E-state index >= 15 is 0 Å². The fourth-order valence-electron chi connectivity index (χ4n) is 2.04. The normalized spacial score (nSPS) is 10.7. The van der Waals surface area contributed by atoms with Crippen LogP contribution in [0.4, 0.5) is 4.39 Å². The third-order valence-electron chi connectivity index (χ3n) is 2.89. The Balaban J connectivity index is 2.30. The number of carbonyl (C=O) groups excluding carboxylic acids is 1. The van der Waals surface area contributed by atoms with E-state index in [0.29, 0.717) is 16.5 Å². The van der Waals surface area contributed by atoms with Gasteiger partial charge >= 0.3 is 0 Å². The SMILES string of the molecule is [CH2]c1cc(CC(=O)NCCO)cc2c(F)cccc12. The molecule has 99 valence electrons. The van der Waals surface area contributed by atoms with E-state index in [1.807, 2.05) is 0 Å². The van der Waals surface area contributed by atoms with Crippen LogP contribution in [0.1, 0.15) is 11.1 Å². The summed E-state index contributed by atoms with van der Waals surface area (Å²) in [5, 5.41) is 12.4. The van der Waals surface area contributed by atoms with Gasteiger partial charge in [0.1, 0.15) is 5.82 Å². The summed E-state index contributed by atoms with van der Waals surface area (Å²) in [5.41, 5.74) is 1.40. The molecule has 2 aromatic carbocycles. The van der Waals surface area contributed by atoms with E-state index in [2.05, 4.69) is 12.2 Å². The van der Waals surface area contributed by atoms with E-state index in [0.717, 1.165) is 5.39 Å². The van der Waals surface area contributed by atoms with Crippen LogP contribution in [0.3, 0.4) is 0 Å². The van der Waals surface area contributed by atoms with Crippen LogP contribution in [0.15, 0.2) is 30.3 Å². The molecule has 3 nitrogen and oxygen atoms in total. The number of fused-ring (bicyclic) bond motifs is 1. The molecule has 0 aliphatic rings. The summed E-state index contributed by atoms with van der Waals surface area (Å²) < 4.78 is 13.7. The predicted molar refractivity (Wildman–Crippen MR) is 72.2 cm³/mol. The highest BCUT2D eigenvalue weighted by molar-refractivity contribution is 5.89. The van der Waals surface area contributed by atoms with Crippen LogP contribution in [-0.4, -0.2) is 24.2 Å². The van der Waals surface area contributed by atoms with Crippen molar-refractivity contribution < 1.29 is 14.3 Å². The summed E-state index contributed by atoms with van der Waals surface area (Å²) in [4.78, 5) is 11.6. The number of hydrogen-bond donors (Lipinski definition) is 2. The molecule has 2 N–H and O–H groups in total. The smallest absolute Gasteiger partial charge is 0.224 e. The molecule has 0 saturated heterocycles. The van der Waals surface area contributed by atoms with Gasteiger partial charge in [-0.2, -0.15) is 0 Å². The Morgan fingerprint density at radius 3 is 2.84 bits per heavy atom. The molecule has 1 radical (unpaired) electrons. The van der Waals surface area contributed by atoms with Gasteiger partial charge in [-0.25, -0.2) is 4.39 Å². The van der Waals surface area contributed by atoms with Gasteiger partial charge in [0.15, 0.2) is 0 Å². The Kier molecular flexibility index (Phi) is 4.12. The lowest BCUT2D eigenvalue weighted by Crippen LogP contribution is -2.27. The van der Waals surface area contributed by atoms with Crippen LogP contribution in [0.25, 0.3) is 10.8 Å². The molecule has 2 aromatic rings. The minimum Gasteiger partial charge on any atom is -0.395 e. The molecular weight excluding hydrogens is 245 g/mol. The highest BCUT2D eigenvalue weighted by atomic mass is 19.1. The number of halogens is 1. The van der Waals surface area contributed by atoms with E-state index in [9.17, 15) is 9.18 Å². The Labute approximate surface area is 111 Å². The van der Waals surface area contributed by atoms with Crippen LogP contribution < -0.4 is 5.32 Å². The van der Waals surface area contributed by atoms with Gasteiger partial charge in [-0.05, 0) is 35.6 Å². The monoisotopic (exact) mass is 260 g/mol. The van der Waals surface area contributed by atoms with Crippen molar-refractivity contribution in [3.05, 3.63) is 54.2 Å². The fourth-order valence-corrected chi connectivity index (χ4v) is 2.04. The molecule has 0 saturated carbocycles. The second-order valence-electron chi connectivity index (χ2n) is 4.34. The molecule has 0 aliphatic carbocycles. The van der Waals surface area contributed by atoms with Crippen LogP contribution in [0.5, 0.6) is 0 Å². The van der Waals surface area contributed by atoms with Crippen LogP contribution >= 0.6 is 0 Å². The first-order chi connectivity index (χ1) is 9.11. The van der Waals surface area contributed by atoms with E-state index in [1.165, 1.54) is 6.07 Å². The summed E-state index contributed by atoms with van der Waals surface area (Å²) >= 11 is 0. The van der Waals surface area contributed by atoms with Gasteiger partial charge in [-0.15, -0.1) is 0 Å². The first-order valence-electron chi connectivity index (χ1n) is 6.02. The average Bonchev–Trinajstić information content (AvgIpc) is 2.38. The summed E-state index contributed by atoms with van der Waals surface area (Å²) in [7, 11) is 0. The number of hydrogen-bond acceptors (Lipinski definition) is 2. The molecule has 0 heterocycles. The highest BCUT2D eigenvalue weighted by Gasteiger charge is 2.08.